The molecule has 6 nitrogen and oxygen atoms in total. The number of urea groups is 1. The Morgan fingerprint density at radius 2 is 1.47 bits per heavy atom. The number of carbonyl (C=O) groups excluding carboxylic acids is 2. The molecule has 2 N–H and O–H groups in total. The monoisotopic (exact) mass is 272 g/mol. The van der Waals surface area contributed by atoms with Crippen LogP contribution in [-0.2, 0) is 4.79 Å². The van der Waals surface area contributed by atoms with Gasteiger partial charge in [0, 0.05) is 6.54 Å². The molecule has 6 heteroatoms. The van der Waals surface area contributed by atoms with E-state index < -0.39 is 11.6 Å². The van der Waals surface area contributed by atoms with Crippen LogP contribution in [0, 0.1) is 11.8 Å². The molecule has 3 amide bonds. The van der Waals surface area contributed by atoms with E-state index in [1.54, 1.807) is 0 Å². The molecule has 1 rings (SSSR count). The van der Waals surface area contributed by atoms with Gasteiger partial charge >= 0.3 is 6.03 Å². The number of hydrogen-bond donors (Lipinski definition) is 2. The van der Waals surface area contributed by atoms with Crippen molar-refractivity contribution in [1.82, 2.24) is 9.80 Å². The maximum atomic E-state index is 12.7. The van der Waals surface area contributed by atoms with Crippen LogP contribution in [0.1, 0.15) is 27.7 Å². The first kappa shape index (κ1) is 15.9. The predicted octanol–water partition coefficient (Wildman–Crippen LogP) is 0.286. The van der Waals surface area contributed by atoms with Crippen molar-refractivity contribution in [2.75, 3.05) is 26.3 Å². The SMILES string of the molecule is CC(C)C1(C(C)C)C(=O)N(CCO)C(=O)N1CCO. The number of aliphatic hydroxyl groups excluding tert-OH is 2. The zero-order chi connectivity index (χ0) is 14.8. The molecule has 0 atom stereocenters. The third-order valence-corrected chi connectivity index (χ3v) is 3.90. The molecule has 0 radical (unpaired) electrons. The van der Waals surface area contributed by atoms with E-state index in [9.17, 15) is 9.59 Å². The highest BCUT2D eigenvalue weighted by Crippen LogP contribution is 2.40. The van der Waals surface area contributed by atoms with E-state index in [1.165, 1.54) is 4.90 Å². The van der Waals surface area contributed by atoms with Gasteiger partial charge in [-0.05, 0) is 11.8 Å². The summed E-state index contributed by atoms with van der Waals surface area (Å²) in [6.45, 7) is 7.29. The van der Waals surface area contributed by atoms with Gasteiger partial charge in [-0.3, -0.25) is 9.69 Å². The highest BCUT2D eigenvalue weighted by molar-refractivity contribution is 6.07. The number of hydrogen-bond acceptors (Lipinski definition) is 4. The molecule has 19 heavy (non-hydrogen) atoms. The molecule has 0 spiro atoms. The van der Waals surface area contributed by atoms with Gasteiger partial charge in [-0.1, -0.05) is 27.7 Å². The number of β-amino-alcohol motifs (C(OH)–C–C–N with tert-alkyl or cyclic N) is 2. The largest absolute Gasteiger partial charge is 0.395 e. The lowest BCUT2D eigenvalue weighted by atomic mass is 9.75. The second kappa shape index (κ2) is 5.88. The summed E-state index contributed by atoms with van der Waals surface area (Å²) in [5, 5.41) is 18.2. The van der Waals surface area contributed by atoms with Crippen LogP contribution in [0.15, 0.2) is 0 Å². The van der Waals surface area contributed by atoms with Crippen molar-refractivity contribution >= 4 is 11.9 Å². The Kier molecular flexibility index (Phi) is 4.92. The first-order valence-corrected chi connectivity index (χ1v) is 6.70. The zero-order valence-corrected chi connectivity index (χ0v) is 12.1. The van der Waals surface area contributed by atoms with Gasteiger partial charge in [0.15, 0.2) is 0 Å². The Balaban J connectivity index is 3.31. The van der Waals surface area contributed by atoms with Crippen LogP contribution < -0.4 is 0 Å². The van der Waals surface area contributed by atoms with Gasteiger partial charge in [0.1, 0.15) is 5.54 Å². The van der Waals surface area contributed by atoms with Gasteiger partial charge in [0.25, 0.3) is 5.91 Å². The van der Waals surface area contributed by atoms with Crippen molar-refractivity contribution < 1.29 is 19.8 Å². The number of aliphatic hydroxyl groups is 2. The van der Waals surface area contributed by atoms with Crippen LogP contribution in [0.25, 0.3) is 0 Å². The van der Waals surface area contributed by atoms with Gasteiger partial charge < -0.3 is 15.1 Å². The minimum absolute atomic E-state index is 0.000779. The zero-order valence-electron chi connectivity index (χ0n) is 12.1. The van der Waals surface area contributed by atoms with E-state index in [0.29, 0.717) is 0 Å². The standard InChI is InChI=1S/C13H24N2O4/c1-9(2)13(10(3)4)11(18)14(5-7-16)12(19)15(13)6-8-17/h9-10,16-17H,5-8H2,1-4H3. The van der Waals surface area contributed by atoms with Gasteiger partial charge in [0.05, 0.1) is 19.8 Å². The summed E-state index contributed by atoms with van der Waals surface area (Å²) in [6, 6.07) is -0.421. The number of amides is 3. The molecule has 0 saturated carbocycles. The summed E-state index contributed by atoms with van der Waals surface area (Å²) in [7, 11) is 0. The summed E-state index contributed by atoms with van der Waals surface area (Å²) >= 11 is 0. The van der Waals surface area contributed by atoms with E-state index >= 15 is 0 Å². The molecule has 1 fully saturated rings. The molecule has 0 aliphatic carbocycles. The molecular formula is C13H24N2O4. The summed E-state index contributed by atoms with van der Waals surface area (Å²) in [4.78, 5) is 27.5. The third-order valence-electron chi connectivity index (χ3n) is 3.90. The van der Waals surface area contributed by atoms with Crippen LogP contribution >= 0.6 is 0 Å². The number of nitrogens with zero attached hydrogens (tertiary/aromatic N) is 2. The number of carbonyl (C=O) groups is 2. The molecule has 0 bridgehead atoms. The molecule has 0 aromatic heterocycles. The predicted molar refractivity (Wildman–Crippen MR) is 70.4 cm³/mol. The maximum Gasteiger partial charge on any atom is 0.327 e. The Labute approximate surface area is 114 Å². The minimum atomic E-state index is -0.936. The molecule has 0 aromatic rings. The van der Waals surface area contributed by atoms with Gasteiger partial charge in [-0.15, -0.1) is 0 Å². The van der Waals surface area contributed by atoms with Crippen molar-refractivity contribution in [3.63, 3.8) is 0 Å². The quantitative estimate of drug-likeness (QED) is 0.681. The summed E-state index contributed by atoms with van der Waals surface area (Å²) in [5.74, 6) is -0.414. The van der Waals surface area contributed by atoms with E-state index in [1.807, 2.05) is 27.7 Å². The van der Waals surface area contributed by atoms with E-state index in [4.69, 9.17) is 10.2 Å². The van der Waals surface area contributed by atoms with Crippen molar-refractivity contribution in [1.29, 1.82) is 0 Å². The fraction of sp³-hybridized carbons (Fsp3) is 0.846. The Hall–Kier alpha value is -1.14. The second-order valence-corrected chi connectivity index (χ2v) is 5.47. The summed E-state index contributed by atoms with van der Waals surface area (Å²) < 4.78 is 0. The lowest BCUT2D eigenvalue weighted by molar-refractivity contribution is -0.138. The first-order chi connectivity index (χ1) is 8.85. The van der Waals surface area contributed by atoms with E-state index in [2.05, 4.69) is 0 Å². The number of imide groups is 1. The smallest absolute Gasteiger partial charge is 0.327 e. The lowest BCUT2D eigenvalue weighted by Crippen LogP contribution is -2.58. The van der Waals surface area contributed by atoms with Crippen LogP contribution in [-0.4, -0.2) is 63.8 Å². The summed E-state index contributed by atoms with van der Waals surface area (Å²) in [6.07, 6.45) is 0. The van der Waals surface area contributed by atoms with E-state index in [0.717, 1.165) is 4.90 Å². The van der Waals surface area contributed by atoms with Crippen molar-refractivity contribution in [2.24, 2.45) is 11.8 Å². The van der Waals surface area contributed by atoms with Crippen LogP contribution in [0.5, 0.6) is 0 Å². The fourth-order valence-electron chi connectivity index (χ4n) is 3.18. The fourth-order valence-corrected chi connectivity index (χ4v) is 3.18. The molecule has 1 saturated heterocycles. The molecule has 0 unspecified atom stereocenters. The molecule has 0 aromatic carbocycles. The van der Waals surface area contributed by atoms with Gasteiger partial charge in [-0.2, -0.15) is 0 Å². The van der Waals surface area contributed by atoms with Gasteiger partial charge in [0.2, 0.25) is 0 Å². The summed E-state index contributed by atoms with van der Waals surface area (Å²) in [5.41, 5.74) is -0.936. The average Bonchev–Trinajstić information content (AvgIpc) is 2.52. The van der Waals surface area contributed by atoms with E-state index in [-0.39, 0.29) is 44.0 Å². The third kappa shape index (κ3) is 2.23. The Bertz CT molecular complexity index is 347. The van der Waals surface area contributed by atoms with Crippen LogP contribution in [0.2, 0.25) is 0 Å². The first-order valence-electron chi connectivity index (χ1n) is 6.70. The van der Waals surface area contributed by atoms with Crippen molar-refractivity contribution in [2.45, 2.75) is 33.2 Å². The van der Waals surface area contributed by atoms with Crippen molar-refractivity contribution in [3.05, 3.63) is 0 Å². The normalized spacial score (nSPS) is 19.2. The minimum Gasteiger partial charge on any atom is -0.395 e. The highest BCUT2D eigenvalue weighted by atomic mass is 16.3. The van der Waals surface area contributed by atoms with Crippen molar-refractivity contribution in [3.8, 4) is 0 Å². The average molecular weight is 272 g/mol. The second-order valence-electron chi connectivity index (χ2n) is 5.47. The van der Waals surface area contributed by atoms with Gasteiger partial charge in [-0.25, -0.2) is 4.79 Å². The topological polar surface area (TPSA) is 81.1 Å². The van der Waals surface area contributed by atoms with Crippen LogP contribution in [0.3, 0.4) is 0 Å². The molecule has 110 valence electrons. The molecule has 1 heterocycles. The van der Waals surface area contributed by atoms with Crippen LogP contribution in [0.4, 0.5) is 4.79 Å². The molecular weight excluding hydrogens is 248 g/mol. The highest BCUT2D eigenvalue weighted by Gasteiger charge is 2.59. The Morgan fingerprint density at radius 1 is 1.00 bits per heavy atom. The molecule has 1 aliphatic heterocycles. The lowest BCUT2D eigenvalue weighted by Gasteiger charge is -2.41. The number of rotatable bonds is 6. The Morgan fingerprint density at radius 3 is 1.84 bits per heavy atom. The molecule has 1 aliphatic rings. The maximum absolute atomic E-state index is 12.7.